The molecule has 0 spiro atoms. The minimum atomic E-state index is -1.50. The van der Waals surface area contributed by atoms with Crippen molar-refractivity contribution in [2.45, 2.75) is 19.3 Å². The molecule has 0 unspecified atom stereocenters. The number of nitrogens with one attached hydrogen (secondary N) is 1. The molecule has 1 aromatic carbocycles. The highest BCUT2D eigenvalue weighted by Crippen LogP contribution is 2.45. The van der Waals surface area contributed by atoms with Gasteiger partial charge in [0.2, 0.25) is 6.79 Å². The third kappa shape index (κ3) is 2.16. The Morgan fingerprint density at radius 3 is 2.75 bits per heavy atom. The van der Waals surface area contributed by atoms with Gasteiger partial charge in [-0.3, -0.25) is 9.89 Å². The van der Waals surface area contributed by atoms with Gasteiger partial charge >= 0.3 is 5.97 Å². The predicted octanol–water partition coefficient (Wildman–Crippen LogP) is 1.63. The fourth-order valence-corrected chi connectivity index (χ4v) is 4.72. The van der Waals surface area contributed by atoms with Gasteiger partial charge in [-0.25, -0.2) is 9.78 Å². The quantitative estimate of drug-likeness (QED) is 0.384. The van der Waals surface area contributed by atoms with Crippen LogP contribution in [0, 0.1) is 0 Å². The fraction of sp³-hybridized carbons (Fsp3) is 0.182. The number of carbonyl (C=O) groups excluding carboxylic acids is 1. The number of aliphatic hydroxyl groups excluding tert-OH is 1. The summed E-state index contributed by atoms with van der Waals surface area (Å²) in [6.07, 6.45) is 0.163. The lowest BCUT2D eigenvalue weighted by Crippen LogP contribution is -2.32. The maximum Gasteiger partial charge on any atom is 0.340 e. The molecule has 0 fully saturated rings. The first-order valence-electron chi connectivity index (χ1n) is 9.98. The van der Waals surface area contributed by atoms with E-state index in [1.807, 2.05) is 18.2 Å². The number of hydrogen-bond donors (Lipinski definition) is 2. The Bertz CT molecular complexity index is 1540. The Balaban J connectivity index is 1.56. The smallest absolute Gasteiger partial charge is 0.340 e. The van der Waals surface area contributed by atoms with Gasteiger partial charge in [0, 0.05) is 34.3 Å². The molecular weight excluding hydrogens is 416 g/mol. The predicted molar refractivity (Wildman–Crippen MR) is 109 cm³/mol. The number of aromatic nitrogens is 4. The molecule has 0 radical (unpaired) electrons. The first kappa shape index (κ1) is 17.5. The van der Waals surface area contributed by atoms with Crippen LogP contribution in [-0.4, -0.2) is 37.6 Å². The average Bonchev–Trinajstić information content (AvgIpc) is 3.54. The number of aromatic amines is 1. The highest BCUT2D eigenvalue weighted by molar-refractivity contribution is 6.00. The molecule has 0 bridgehead atoms. The van der Waals surface area contributed by atoms with Gasteiger partial charge in [-0.1, -0.05) is 0 Å². The molecule has 0 saturated heterocycles. The zero-order valence-electron chi connectivity index (χ0n) is 16.4. The molecule has 10 heteroatoms. The standard InChI is InChI=1S/C22H14N4O6/c27-20-9-3-15-19-11(6-26(15)21(28)12(9)7-30-22(20)29)18(13-1-2-23-25-13)10-4-16-17(32-8-31-16)5-14(10)24-19/h1-5,20,27H,6-8H2,(H,23,25)/t20-/m0/s1. The Labute approximate surface area is 179 Å². The van der Waals surface area contributed by atoms with Crippen molar-refractivity contribution in [2.75, 3.05) is 6.79 Å². The molecule has 0 aliphatic carbocycles. The Morgan fingerprint density at radius 1 is 1.09 bits per heavy atom. The van der Waals surface area contributed by atoms with E-state index in [-0.39, 0.29) is 36.6 Å². The van der Waals surface area contributed by atoms with Crippen LogP contribution in [0.15, 0.2) is 35.3 Å². The largest absolute Gasteiger partial charge is 0.458 e. The number of ether oxygens (including phenoxy) is 3. The van der Waals surface area contributed by atoms with Gasteiger partial charge in [-0.2, -0.15) is 5.10 Å². The van der Waals surface area contributed by atoms with Gasteiger partial charge in [0.25, 0.3) is 5.56 Å². The lowest BCUT2D eigenvalue weighted by atomic mass is 9.97. The minimum absolute atomic E-state index is 0.142. The van der Waals surface area contributed by atoms with Crippen LogP contribution < -0.4 is 15.0 Å². The summed E-state index contributed by atoms with van der Waals surface area (Å²) in [5, 5.41) is 18.3. The van der Waals surface area contributed by atoms with Gasteiger partial charge < -0.3 is 23.9 Å². The normalized spacial score (nSPS) is 17.8. The molecule has 0 amide bonds. The summed E-state index contributed by atoms with van der Waals surface area (Å²) < 4.78 is 17.7. The molecule has 3 aromatic heterocycles. The SMILES string of the molecule is O=C1OCc2c(cc3n(c2=O)Cc2c-3nc3cc4c(cc3c2-c2ccn[nH]2)OCO4)[C@@H]1O. The fourth-order valence-electron chi connectivity index (χ4n) is 4.72. The van der Waals surface area contributed by atoms with Crippen molar-refractivity contribution in [3.8, 4) is 34.1 Å². The molecule has 3 aliphatic rings. The number of esters is 1. The van der Waals surface area contributed by atoms with Crippen LogP contribution >= 0.6 is 0 Å². The van der Waals surface area contributed by atoms with Crippen LogP contribution in [0.4, 0.5) is 0 Å². The molecule has 7 rings (SSSR count). The number of carbonyl (C=O) groups is 1. The summed E-state index contributed by atoms with van der Waals surface area (Å²) in [5.74, 6) is 0.457. The van der Waals surface area contributed by atoms with E-state index < -0.39 is 12.1 Å². The Morgan fingerprint density at radius 2 is 1.94 bits per heavy atom. The van der Waals surface area contributed by atoms with Gasteiger partial charge in [0.15, 0.2) is 17.6 Å². The Hall–Kier alpha value is -4.18. The topological polar surface area (TPSA) is 129 Å². The zero-order chi connectivity index (χ0) is 21.6. The van der Waals surface area contributed by atoms with E-state index in [0.29, 0.717) is 28.4 Å². The molecule has 3 aliphatic heterocycles. The highest BCUT2D eigenvalue weighted by atomic mass is 16.7. The van der Waals surface area contributed by atoms with Crippen molar-refractivity contribution in [1.29, 1.82) is 0 Å². The number of aliphatic hydroxyl groups is 1. The second kappa shape index (κ2) is 5.95. The summed E-state index contributed by atoms with van der Waals surface area (Å²) >= 11 is 0. The number of rotatable bonds is 1. The first-order chi connectivity index (χ1) is 15.6. The van der Waals surface area contributed by atoms with E-state index in [4.69, 9.17) is 19.2 Å². The number of H-pyrrole nitrogens is 1. The molecular formula is C22H14N4O6. The summed E-state index contributed by atoms with van der Waals surface area (Å²) in [5.41, 5.74) is 4.51. The van der Waals surface area contributed by atoms with Crippen LogP contribution in [0.2, 0.25) is 0 Å². The molecule has 158 valence electrons. The van der Waals surface area contributed by atoms with E-state index in [1.54, 1.807) is 16.8 Å². The van der Waals surface area contributed by atoms with Crippen LogP contribution in [-0.2, 0) is 22.7 Å². The van der Waals surface area contributed by atoms with Crippen molar-refractivity contribution in [2.24, 2.45) is 0 Å². The molecule has 1 atom stereocenters. The van der Waals surface area contributed by atoms with Gasteiger partial charge in [-0.05, 0) is 18.2 Å². The van der Waals surface area contributed by atoms with Crippen LogP contribution in [0.3, 0.4) is 0 Å². The van der Waals surface area contributed by atoms with Crippen molar-refractivity contribution in [3.63, 3.8) is 0 Å². The molecule has 0 saturated carbocycles. The Kier molecular flexibility index (Phi) is 3.25. The lowest BCUT2D eigenvalue weighted by Gasteiger charge is -2.21. The van der Waals surface area contributed by atoms with Crippen LogP contribution in [0.5, 0.6) is 11.5 Å². The maximum absolute atomic E-state index is 13.3. The third-order valence-corrected chi connectivity index (χ3v) is 6.22. The minimum Gasteiger partial charge on any atom is -0.458 e. The van der Waals surface area contributed by atoms with Crippen LogP contribution in [0.1, 0.15) is 22.8 Å². The summed E-state index contributed by atoms with van der Waals surface area (Å²) in [6, 6.07) is 7.21. The monoisotopic (exact) mass is 430 g/mol. The van der Waals surface area contributed by atoms with E-state index in [9.17, 15) is 14.7 Å². The molecule has 32 heavy (non-hydrogen) atoms. The molecule has 10 nitrogen and oxygen atoms in total. The van der Waals surface area contributed by atoms with Crippen molar-refractivity contribution < 1.29 is 24.1 Å². The van der Waals surface area contributed by atoms with Gasteiger partial charge in [0.05, 0.1) is 34.7 Å². The lowest BCUT2D eigenvalue weighted by molar-refractivity contribution is -0.157. The number of nitrogens with zero attached hydrogens (tertiary/aromatic N) is 3. The summed E-state index contributed by atoms with van der Waals surface area (Å²) in [6.45, 7) is 0.264. The number of pyridine rings is 2. The van der Waals surface area contributed by atoms with E-state index >= 15 is 0 Å². The zero-order valence-corrected chi connectivity index (χ0v) is 16.4. The first-order valence-corrected chi connectivity index (χ1v) is 9.98. The average molecular weight is 430 g/mol. The summed E-state index contributed by atoms with van der Waals surface area (Å²) in [7, 11) is 0. The summed E-state index contributed by atoms with van der Waals surface area (Å²) in [4.78, 5) is 30.0. The number of cyclic esters (lactones) is 1. The molecule has 4 aromatic rings. The maximum atomic E-state index is 13.3. The molecule has 6 heterocycles. The van der Waals surface area contributed by atoms with Crippen molar-refractivity contribution in [3.05, 3.63) is 57.5 Å². The number of benzene rings is 1. The number of fused-ring (bicyclic) bond motifs is 6. The second-order valence-corrected chi connectivity index (χ2v) is 7.87. The molecule has 2 N–H and O–H groups in total. The van der Waals surface area contributed by atoms with E-state index in [1.165, 1.54) is 0 Å². The van der Waals surface area contributed by atoms with Crippen LogP contribution in [0.25, 0.3) is 33.5 Å². The third-order valence-electron chi connectivity index (χ3n) is 6.22. The van der Waals surface area contributed by atoms with E-state index in [0.717, 1.165) is 22.2 Å². The van der Waals surface area contributed by atoms with Gasteiger partial charge in [0.1, 0.15) is 6.61 Å². The number of hydrogen-bond acceptors (Lipinski definition) is 8. The second-order valence-electron chi connectivity index (χ2n) is 7.87. The van der Waals surface area contributed by atoms with Crippen molar-refractivity contribution in [1.82, 2.24) is 19.7 Å². The van der Waals surface area contributed by atoms with E-state index in [2.05, 4.69) is 10.2 Å². The van der Waals surface area contributed by atoms with Crippen molar-refractivity contribution >= 4 is 16.9 Å². The highest BCUT2D eigenvalue weighted by Gasteiger charge is 2.35. The van der Waals surface area contributed by atoms with Gasteiger partial charge in [-0.15, -0.1) is 0 Å².